The molecule has 33 heavy (non-hydrogen) atoms. The van der Waals surface area contributed by atoms with Crippen LogP contribution < -0.4 is 15.8 Å². The maximum Gasteiger partial charge on any atom is 0.255 e. The molecule has 0 spiro atoms. The van der Waals surface area contributed by atoms with Crippen LogP contribution in [0.2, 0.25) is 0 Å². The van der Waals surface area contributed by atoms with Crippen LogP contribution in [0, 0.1) is 6.92 Å². The second-order valence-electron chi connectivity index (χ2n) is 8.27. The predicted molar refractivity (Wildman–Crippen MR) is 127 cm³/mol. The Morgan fingerprint density at radius 1 is 1.15 bits per heavy atom. The Hall–Kier alpha value is -3.71. The third kappa shape index (κ3) is 5.75. The zero-order valence-corrected chi connectivity index (χ0v) is 18.7. The summed E-state index contributed by atoms with van der Waals surface area (Å²) < 4.78 is 5.79. The Bertz CT molecular complexity index is 1130. The van der Waals surface area contributed by atoms with Crippen LogP contribution >= 0.6 is 0 Å². The quantitative estimate of drug-likeness (QED) is 0.553. The number of likely N-dealkylation sites (tertiary alicyclic amines) is 1. The summed E-state index contributed by atoms with van der Waals surface area (Å²) in [5.74, 6) is 0.184. The van der Waals surface area contributed by atoms with Gasteiger partial charge in [-0.05, 0) is 67.8 Å². The summed E-state index contributed by atoms with van der Waals surface area (Å²) in [6.07, 6.45) is 3.40. The number of nitrogens with two attached hydrogens (primary N) is 1. The highest BCUT2D eigenvalue weighted by Crippen LogP contribution is 2.24. The molecule has 2 amide bonds. The second-order valence-corrected chi connectivity index (χ2v) is 8.27. The Balaban J connectivity index is 1.43. The highest BCUT2D eigenvalue weighted by Gasteiger charge is 2.29. The van der Waals surface area contributed by atoms with E-state index in [4.69, 9.17) is 10.5 Å². The molecule has 1 aliphatic rings. The van der Waals surface area contributed by atoms with E-state index < -0.39 is 0 Å². The molecule has 2 heterocycles. The number of aryl methyl sites for hydroxylation is 1. The van der Waals surface area contributed by atoms with Crippen LogP contribution in [0.5, 0.6) is 5.75 Å². The second kappa shape index (κ2) is 10.3. The third-order valence-corrected chi connectivity index (χ3v) is 5.81. The van der Waals surface area contributed by atoms with Crippen LogP contribution in [-0.4, -0.2) is 34.3 Å². The maximum atomic E-state index is 13.0. The number of pyridine rings is 1. The number of ether oxygens (including phenoxy) is 1. The van der Waals surface area contributed by atoms with Crippen molar-refractivity contribution < 1.29 is 14.3 Å². The lowest BCUT2D eigenvalue weighted by Gasteiger charge is -2.23. The number of primary amides is 1. The lowest BCUT2D eigenvalue weighted by atomic mass is 10.1. The molecule has 1 aromatic heterocycles. The van der Waals surface area contributed by atoms with Gasteiger partial charge in [0.2, 0.25) is 5.91 Å². The first-order valence-electron chi connectivity index (χ1n) is 11.1. The standard InChI is InChI=1S/C26H28N4O3/c1-18-11-12-22(15-28-18)33-17-19-6-4-8-20(14-19)26(32)29-23-9-3-2-7-21(23)16-30-13-5-10-24(30)25(27)31/h2-4,6-9,11-12,14-15,24H,5,10,13,16-17H2,1H3,(H2,27,31)(H,29,32). The fourth-order valence-corrected chi connectivity index (χ4v) is 4.04. The molecule has 1 fully saturated rings. The van der Waals surface area contributed by atoms with Gasteiger partial charge in [0.15, 0.2) is 0 Å². The molecule has 0 bridgehead atoms. The summed E-state index contributed by atoms with van der Waals surface area (Å²) in [7, 11) is 0. The first kappa shape index (κ1) is 22.5. The molecule has 0 saturated carbocycles. The average molecular weight is 445 g/mol. The van der Waals surface area contributed by atoms with Gasteiger partial charge in [0.25, 0.3) is 5.91 Å². The number of hydrogen-bond acceptors (Lipinski definition) is 5. The molecule has 0 radical (unpaired) electrons. The van der Waals surface area contributed by atoms with Crippen LogP contribution in [-0.2, 0) is 17.9 Å². The van der Waals surface area contributed by atoms with Gasteiger partial charge in [0.05, 0.1) is 12.2 Å². The SMILES string of the molecule is Cc1ccc(OCc2cccc(C(=O)Nc3ccccc3CN3CCCC3C(N)=O)c2)cn1. The van der Waals surface area contributed by atoms with E-state index in [0.717, 1.165) is 41.9 Å². The van der Waals surface area contributed by atoms with Crippen molar-refractivity contribution in [1.29, 1.82) is 0 Å². The van der Waals surface area contributed by atoms with Crippen LogP contribution in [0.1, 0.15) is 40.0 Å². The monoisotopic (exact) mass is 444 g/mol. The maximum absolute atomic E-state index is 13.0. The molecule has 4 rings (SSSR count). The van der Waals surface area contributed by atoms with Crippen molar-refractivity contribution >= 4 is 17.5 Å². The minimum Gasteiger partial charge on any atom is -0.487 e. The number of aromatic nitrogens is 1. The van der Waals surface area contributed by atoms with E-state index in [9.17, 15) is 9.59 Å². The first-order chi connectivity index (χ1) is 16.0. The van der Waals surface area contributed by atoms with Crippen LogP contribution in [0.3, 0.4) is 0 Å². The molecule has 1 aliphatic heterocycles. The highest BCUT2D eigenvalue weighted by atomic mass is 16.5. The van der Waals surface area contributed by atoms with Gasteiger partial charge in [0, 0.05) is 23.5 Å². The largest absolute Gasteiger partial charge is 0.487 e. The normalized spacial score (nSPS) is 15.8. The lowest BCUT2D eigenvalue weighted by Crippen LogP contribution is -2.39. The van der Waals surface area contributed by atoms with E-state index >= 15 is 0 Å². The third-order valence-electron chi connectivity index (χ3n) is 5.81. The number of carbonyl (C=O) groups excluding carboxylic acids is 2. The van der Waals surface area contributed by atoms with Gasteiger partial charge >= 0.3 is 0 Å². The van der Waals surface area contributed by atoms with Gasteiger partial charge in [-0.1, -0.05) is 30.3 Å². The number of benzene rings is 2. The summed E-state index contributed by atoms with van der Waals surface area (Å²) in [4.78, 5) is 31.0. The molecule has 3 N–H and O–H groups in total. The smallest absolute Gasteiger partial charge is 0.255 e. The molecule has 170 valence electrons. The highest BCUT2D eigenvalue weighted by molar-refractivity contribution is 6.04. The molecule has 1 saturated heterocycles. The zero-order chi connectivity index (χ0) is 23.2. The van der Waals surface area contributed by atoms with Crippen molar-refractivity contribution in [3.05, 3.63) is 89.2 Å². The molecule has 7 heteroatoms. The first-order valence-corrected chi connectivity index (χ1v) is 11.1. The fourth-order valence-electron chi connectivity index (χ4n) is 4.04. The number of rotatable bonds is 8. The van der Waals surface area contributed by atoms with Gasteiger partial charge in [-0.3, -0.25) is 19.5 Å². The van der Waals surface area contributed by atoms with Crippen LogP contribution in [0.4, 0.5) is 5.69 Å². The van der Waals surface area contributed by atoms with Crippen molar-refractivity contribution in [1.82, 2.24) is 9.88 Å². The van der Waals surface area contributed by atoms with E-state index in [1.807, 2.05) is 61.5 Å². The summed E-state index contributed by atoms with van der Waals surface area (Å²) in [6, 6.07) is 18.5. The lowest BCUT2D eigenvalue weighted by molar-refractivity contribution is -0.122. The Kier molecular flexibility index (Phi) is 7.00. The van der Waals surface area contributed by atoms with E-state index in [0.29, 0.717) is 24.5 Å². The van der Waals surface area contributed by atoms with Gasteiger partial charge in [-0.15, -0.1) is 0 Å². The van der Waals surface area contributed by atoms with Crippen molar-refractivity contribution in [3.63, 3.8) is 0 Å². The number of anilines is 1. The van der Waals surface area contributed by atoms with Gasteiger partial charge in [-0.2, -0.15) is 0 Å². The molecule has 7 nitrogen and oxygen atoms in total. The number of nitrogens with one attached hydrogen (secondary N) is 1. The number of para-hydroxylation sites is 1. The summed E-state index contributed by atoms with van der Waals surface area (Å²) >= 11 is 0. The predicted octanol–water partition coefficient (Wildman–Crippen LogP) is 3.67. The van der Waals surface area contributed by atoms with Crippen molar-refractivity contribution in [3.8, 4) is 5.75 Å². The number of hydrogen-bond donors (Lipinski definition) is 2. The van der Waals surface area contributed by atoms with Crippen molar-refractivity contribution in [2.45, 2.75) is 39.0 Å². The Labute approximate surface area is 193 Å². The molecular formula is C26H28N4O3. The number of amides is 2. The molecule has 1 unspecified atom stereocenters. The minimum absolute atomic E-state index is 0.200. The summed E-state index contributed by atoms with van der Waals surface area (Å²) in [5, 5.41) is 3.02. The van der Waals surface area contributed by atoms with Crippen LogP contribution in [0.25, 0.3) is 0 Å². The molecular weight excluding hydrogens is 416 g/mol. The number of carbonyl (C=O) groups is 2. The summed E-state index contributed by atoms with van der Waals surface area (Å²) in [5.41, 5.74) is 9.59. The van der Waals surface area contributed by atoms with E-state index in [-0.39, 0.29) is 17.9 Å². The number of nitrogens with zero attached hydrogens (tertiary/aromatic N) is 2. The zero-order valence-electron chi connectivity index (χ0n) is 18.7. The van der Waals surface area contributed by atoms with E-state index in [1.165, 1.54) is 0 Å². The fraction of sp³-hybridized carbons (Fsp3) is 0.269. The van der Waals surface area contributed by atoms with Crippen molar-refractivity contribution in [2.24, 2.45) is 5.73 Å². The molecule has 3 aromatic rings. The van der Waals surface area contributed by atoms with Gasteiger partial charge in [-0.25, -0.2) is 0 Å². The van der Waals surface area contributed by atoms with Gasteiger partial charge in [0.1, 0.15) is 12.4 Å². The van der Waals surface area contributed by atoms with E-state index in [2.05, 4.69) is 15.2 Å². The Morgan fingerprint density at radius 2 is 2.00 bits per heavy atom. The average Bonchev–Trinajstić information content (AvgIpc) is 3.29. The molecule has 1 atom stereocenters. The molecule has 2 aromatic carbocycles. The topological polar surface area (TPSA) is 97.5 Å². The molecule has 0 aliphatic carbocycles. The van der Waals surface area contributed by atoms with Crippen LogP contribution in [0.15, 0.2) is 66.9 Å². The Morgan fingerprint density at radius 3 is 2.79 bits per heavy atom. The van der Waals surface area contributed by atoms with Crippen molar-refractivity contribution in [2.75, 3.05) is 11.9 Å². The summed E-state index contributed by atoms with van der Waals surface area (Å²) in [6.45, 7) is 3.63. The minimum atomic E-state index is -0.297. The van der Waals surface area contributed by atoms with E-state index in [1.54, 1.807) is 12.3 Å². The van der Waals surface area contributed by atoms with Gasteiger partial charge < -0.3 is 15.8 Å².